The Hall–Kier alpha value is -2.18. The number of pyridine rings is 1. The highest BCUT2D eigenvalue weighted by Gasteiger charge is 2.24. The number of aromatic nitrogens is 1. The Balaban J connectivity index is 2.03. The van der Waals surface area contributed by atoms with E-state index in [2.05, 4.69) is 17.2 Å². The average molecular weight is 292 g/mol. The second kappa shape index (κ2) is 7.01. The molecule has 1 aromatic rings. The van der Waals surface area contributed by atoms with Gasteiger partial charge in [-0.3, -0.25) is 15.1 Å². The van der Waals surface area contributed by atoms with Gasteiger partial charge in [-0.15, -0.1) is 0 Å². The van der Waals surface area contributed by atoms with Crippen LogP contribution in [0.5, 0.6) is 0 Å². The van der Waals surface area contributed by atoms with Crippen molar-refractivity contribution < 1.29 is 9.72 Å². The van der Waals surface area contributed by atoms with E-state index in [0.717, 1.165) is 38.4 Å². The summed E-state index contributed by atoms with van der Waals surface area (Å²) in [5, 5.41) is 13.5. The van der Waals surface area contributed by atoms with E-state index in [9.17, 15) is 14.9 Å². The molecule has 2 rings (SSSR count). The minimum Gasteiger partial charge on any atom is -0.324 e. The molecule has 1 aliphatic rings. The summed E-state index contributed by atoms with van der Waals surface area (Å²) < 4.78 is 0. The van der Waals surface area contributed by atoms with Gasteiger partial charge in [0.25, 0.3) is 0 Å². The molecule has 0 radical (unpaired) electrons. The molecule has 7 nitrogen and oxygen atoms in total. The first-order valence-electron chi connectivity index (χ1n) is 7.26. The number of anilines is 1. The monoisotopic (exact) mass is 292 g/mol. The van der Waals surface area contributed by atoms with E-state index in [0.29, 0.717) is 12.5 Å². The lowest BCUT2D eigenvalue weighted by molar-refractivity contribution is -0.384. The van der Waals surface area contributed by atoms with Crippen molar-refractivity contribution in [2.45, 2.75) is 32.6 Å². The number of carbonyl (C=O) groups excluding carboxylic acids is 1. The van der Waals surface area contributed by atoms with Gasteiger partial charge in [0.1, 0.15) is 11.9 Å². The smallest absolute Gasteiger partial charge is 0.322 e. The standard InChI is InChI=1S/C14H20N4O3/c1-2-4-11-5-3-8-17(10-11)14(19)16-12-6-7-15-9-13(12)18(20)21/h6-7,9,11H,2-5,8,10H2,1H3,(H,15,16,19)/t11-/m1/s1. The fourth-order valence-electron chi connectivity index (χ4n) is 2.72. The van der Waals surface area contributed by atoms with E-state index >= 15 is 0 Å². The normalized spacial score (nSPS) is 18.3. The van der Waals surface area contributed by atoms with Crippen molar-refractivity contribution in [3.8, 4) is 0 Å². The van der Waals surface area contributed by atoms with Crippen LogP contribution < -0.4 is 5.32 Å². The van der Waals surface area contributed by atoms with Crippen molar-refractivity contribution in [3.63, 3.8) is 0 Å². The van der Waals surface area contributed by atoms with Crippen molar-refractivity contribution >= 4 is 17.4 Å². The van der Waals surface area contributed by atoms with Crippen LogP contribution >= 0.6 is 0 Å². The Morgan fingerprint density at radius 1 is 1.62 bits per heavy atom. The minimum absolute atomic E-state index is 0.187. The fourth-order valence-corrected chi connectivity index (χ4v) is 2.72. The van der Waals surface area contributed by atoms with Gasteiger partial charge in [-0.1, -0.05) is 13.3 Å². The molecule has 2 amide bonds. The van der Waals surface area contributed by atoms with Crippen LogP contribution in [0.4, 0.5) is 16.2 Å². The Morgan fingerprint density at radius 2 is 2.43 bits per heavy atom. The number of nitrogens with one attached hydrogen (secondary N) is 1. The summed E-state index contributed by atoms with van der Waals surface area (Å²) in [6.07, 6.45) is 6.92. The third kappa shape index (κ3) is 3.90. The molecular weight excluding hydrogens is 272 g/mol. The number of nitrogens with zero attached hydrogens (tertiary/aromatic N) is 3. The van der Waals surface area contributed by atoms with Crippen molar-refractivity contribution in [2.75, 3.05) is 18.4 Å². The maximum absolute atomic E-state index is 12.3. The lowest BCUT2D eigenvalue weighted by atomic mass is 9.94. The van der Waals surface area contributed by atoms with Gasteiger partial charge in [0, 0.05) is 19.3 Å². The number of piperidine rings is 1. The lowest BCUT2D eigenvalue weighted by Crippen LogP contribution is -2.42. The number of hydrogen-bond donors (Lipinski definition) is 1. The summed E-state index contributed by atoms with van der Waals surface area (Å²) in [7, 11) is 0. The van der Waals surface area contributed by atoms with Crippen molar-refractivity contribution in [2.24, 2.45) is 5.92 Å². The van der Waals surface area contributed by atoms with E-state index in [-0.39, 0.29) is 17.4 Å². The third-order valence-corrected chi connectivity index (χ3v) is 3.74. The number of carbonyl (C=O) groups is 1. The highest BCUT2D eigenvalue weighted by atomic mass is 16.6. The topological polar surface area (TPSA) is 88.4 Å². The maximum Gasteiger partial charge on any atom is 0.322 e. The predicted molar refractivity (Wildman–Crippen MR) is 79.1 cm³/mol. The molecule has 1 N–H and O–H groups in total. The molecule has 0 saturated carbocycles. The fraction of sp³-hybridized carbons (Fsp3) is 0.571. The van der Waals surface area contributed by atoms with Crippen molar-refractivity contribution in [1.82, 2.24) is 9.88 Å². The molecule has 1 fully saturated rings. The van der Waals surface area contributed by atoms with Crippen LogP contribution in [0.3, 0.4) is 0 Å². The van der Waals surface area contributed by atoms with Crippen LogP contribution in [0, 0.1) is 16.0 Å². The highest BCUT2D eigenvalue weighted by Crippen LogP contribution is 2.24. The van der Waals surface area contributed by atoms with Crippen LogP contribution in [0.2, 0.25) is 0 Å². The second-order valence-electron chi connectivity index (χ2n) is 5.32. The Kier molecular flexibility index (Phi) is 5.08. The molecule has 21 heavy (non-hydrogen) atoms. The first-order chi connectivity index (χ1) is 10.1. The van der Waals surface area contributed by atoms with E-state index < -0.39 is 4.92 Å². The zero-order valence-corrected chi connectivity index (χ0v) is 12.1. The number of hydrogen-bond acceptors (Lipinski definition) is 4. The van der Waals surface area contributed by atoms with Gasteiger partial charge in [-0.05, 0) is 31.2 Å². The second-order valence-corrected chi connectivity index (χ2v) is 5.32. The largest absolute Gasteiger partial charge is 0.324 e. The van der Waals surface area contributed by atoms with Gasteiger partial charge in [0.15, 0.2) is 0 Å². The minimum atomic E-state index is -0.543. The number of amides is 2. The molecule has 1 aliphatic heterocycles. The zero-order valence-electron chi connectivity index (χ0n) is 12.1. The number of nitro groups is 1. The van der Waals surface area contributed by atoms with Crippen LogP contribution in [0.1, 0.15) is 32.6 Å². The van der Waals surface area contributed by atoms with Crippen molar-refractivity contribution in [1.29, 1.82) is 0 Å². The van der Waals surface area contributed by atoms with Crippen molar-refractivity contribution in [3.05, 3.63) is 28.6 Å². The summed E-state index contributed by atoms with van der Waals surface area (Å²) >= 11 is 0. The molecule has 1 saturated heterocycles. The molecular formula is C14H20N4O3. The van der Waals surface area contributed by atoms with Crippen LogP contribution in [-0.4, -0.2) is 33.9 Å². The van der Waals surface area contributed by atoms with Gasteiger partial charge in [0.05, 0.1) is 4.92 Å². The van der Waals surface area contributed by atoms with E-state index in [1.807, 2.05) is 0 Å². The molecule has 1 aromatic heterocycles. The molecule has 7 heteroatoms. The zero-order chi connectivity index (χ0) is 15.2. The molecule has 0 unspecified atom stereocenters. The predicted octanol–water partition coefficient (Wildman–Crippen LogP) is 3.03. The number of urea groups is 1. The van der Waals surface area contributed by atoms with Gasteiger partial charge in [-0.25, -0.2) is 4.79 Å². The first-order valence-corrected chi connectivity index (χ1v) is 7.26. The molecule has 0 spiro atoms. The van der Waals surface area contributed by atoms with Gasteiger partial charge in [0.2, 0.25) is 0 Å². The Labute approximate surface area is 123 Å². The van der Waals surface area contributed by atoms with Crippen LogP contribution in [-0.2, 0) is 0 Å². The summed E-state index contributed by atoms with van der Waals surface area (Å²) in [6.45, 7) is 3.56. The number of likely N-dealkylation sites (tertiary alicyclic amines) is 1. The summed E-state index contributed by atoms with van der Waals surface area (Å²) in [5.41, 5.74) is 0.00517. The quantitative estimate of drug-likeness (QED) is 0.682. The Morgan fingerprint density at radius 3 is 3.14 bits per heavy atom. The molecule has 0 aromatic carbocycles. The highest BCUT2D eigenvalue weighted by molar-refractivity contribution is 5.91. The molecule has 2 heterocycles. The summed E-state index contributed by atoms with van der Waals surface area (Å²) in [6, 6.07) is 1.17. The van der Waals surface area contributed by atoms with E-state index in [1.54, 1.807) is 4.90 Å². The van der Waals surface area contributed by atoms with Gasteiger partial charge in [-0.2, -0.15) is 0 Å². The van der Waals surface area contributed by atoms with Crippen LogP contribution in [0.25, 0.3) is 0 Å². The summed E-state index contributed by atoms with van der Waals surface area (Å²) in [4.78, 5) is 28.1. The molecule has 114 valence electrons. The van der Waals surface area contributed by atoms with Gasteiger partial charge >= 0.3 is 11.7 Å². The SMILES string of the molecule is CCC[C@@H]1CCCN(C(=O)Nc2ccncc2[N+](=O)[O-])C1. The van der Waals surface area contributed by atoms with E-state index in [1.165, 1.54) is 12.3 Å². The molecule has 0 bridgehead atoms. The first kappa shape index (κ1) is 15.2. The average Bonchev–Trinajstić information content (AvgIpc) is 2.48. The lowest BCUT2D eigenvalue weighted by Gasteiger charge is -2.32. The third-order valence-electron chi connectivity index (χ3n) is 3.74. The molecule has 1 atom stereocenters. The van der Waals surface area contributed by atoms with Crippen LogP contribution in [0.15, 0.2) is 18.5 Å². The van der Waals surface area contributed by atoms with Gasteiger partial charge < -0.3 is 10.2 Å². The number of rotatable bonds is 4. The molecule has 0 aliphatic carbocycles. The summed E-state index contributed by atoms with van der Waals surface area (Å²) in [5.74, 6) is 0.530. The van der Waals surface area contributed by atoms with E-state index in [4.69, 9.17) is 0 Å². The maximum atomic E-state index is 12.3. The Bertz CT molecular complexity index is 519.